The Labute approximate surface area is 114 Å². The average Bonchev–Trinajstić information content (AvgIpc) is 2.78. The fourth-order valence-electron chi connectivity index (χ4n) is 1.99. The standard InChI is InChI=1S/C15H20N2O2/c1-2-3-7-13-12-15(18)17(16-13)10-11-19-14-8-5-4-6-9-14/h4-6,8-9H,2-3,7,10-12H2,1H3. The van der Waals surface area contributed by atoms with Crippen LogP contribution in [0.1, 0.15) is 32.6 Å². The van der Waals surface area contributed by atoms with Crippen LogP contribution in [0.25, 0.3) is 0 Å². The topological polar surface area (TPSA) is 41.9 Å². The van der Waals surface area contributed by atoms with Crippen molar-refractivity contribution < 1.29 is 9.53 Å². The number of hydrazone groups is 1. The van der Waals surface area contributed by atoms with Gasteiger partial charge in [-0.1, -0.05) is 31.5 Å². The molecule has 4 nitrogen and oxygen atoms in total. The highest BCUT2D eigenvalue weighted by molar-refractivity contribution is 6.04. The Morgan fingerprint density at radius 3 is 2.84 bits per heavy atom. The maximum Gasteiger partial charge on any atom is 0.248 e. The van der Waals surface area contributed by atoms with Gasteiger partial charge in [-0.2, -0.15) is 5.10 Å². The van der Waals surface area contributed by atoms with Gasteiger partial charge in [-0.05, 0) is 25.0 Å². The molecule has 0 bridgehead atoms. The molecule has 19 heavy (non-hydrogen) atoms. The summed E-state index contributed by atoms with van der Waals surface area (Å²) in [7, 11) is 0. The van der Waals surface area contributed by atoms with E-state index in [0.29, 0.717) is 19.6 Å². The minimum atomic E-state index is 0.0859. The normalized spacial score (nSPS) is 14.7. The number of carbonyl (C=O) groups is 1. The van der Waals surface area contributed by atoms with Crippen molar-refractivity contribution in [1.29, 1.82) is 0 Å². The van der Waals surface area contributed by atoms with E-state index in [-0.39, 0.29) is 5.91 Å². The van der Waals surface area contributed by atoms with Gasteiger partial charge in [0.2, 0.25) is 5.91 Å². The Bertz CT molecular complexity index is 443. The van der Waals surface area contributed by atoms with Crippen LogP contribution in [0.5, 0.6) is 5.75 Å². The molecule has 1 aliphatic rings. The fourth-order valence-corrected chi connectivity index (χ4v) is 1.99. The van der Waals surface area contributed by atoms with Crippen molar-refractivity contribution >= 4 is 11.6 Å². The van der Waals surface area contributed by atoms with Gasteiger partial charge < -0.3 is 4.74 Å². The molecule has 1 heterocycles. The molecule has 102 valence electrons. The maximum atomic E-state index is 11.7. The van der Waals surface area contributed by atoms with E-state index in [9.17, 15) is 4.79 Å². The number of hydrogen-bond acceptors (Lipinski definition) is 3. The lowest BCUT2D eigenvalue weighted by atomic mass is 10.1. The summed E-state index contributed by atoms with van der Waals surface area (Å²) in [6, 6.07) is 9.61. The van der Waals surface area contributed by atoms with Crippen LogP contribution in [0.2, 0.25) is 0 Å². The summed E-state index contributed by atoms with van der Waals surface area (Å²) in [5.74, 6) is 0.909. The van der Waals surface area contributed by atoms with Crippen molar-refractivity contribution in [2.24, 2.45) is 5.10 Å². The molecule has 0 aliphatic carbocycles. The van der Waals surface area contributed by atoms with E-state index in [1.807, 2.05) is 30.3 Å². The number of hydrogen-bond donors (Lipinski definition) is 0. The van der Waals surface area contributed by atoms with Crippen molar-refractivity contribution in [2.45, 2.75) is 32.6 Å². The molecule has 0 N–H and O–H groups in total. The van der Waals surface area contributed by atoms with Gasteiger partial charge in [0.25, 0.3) is 0 Å². The predicted octanol–water partition coefficient (Wildman–Crippen LogP) is 2.84. The van der Waals surface area contributed by atoms with E-state index in [0.717, 1.165) is 30.7 Å². The molecule has 1 aromatic rings. The highest BCUT2D eigenvalue weighted by Gasteiger charge is 2.22. The Balaban J connectivity index is 1.76. The molecule has 0 saturated carbocycles. The van der Waals surface area contributed by atoms with Crippen LogP contribution in [-0.4, -0.2) is 29.8 Å². The van der Waals surface area contributed by atoms with E-state index in [1.165, 1.54) is 5.01 Å². The number of rotatable bonds is 7. The van der Waals surface area contributed by atoms with Crippen LogP contribution < -0.4 is 4.74 Å². The quantitative estimate of drug-likeness (QED) is 0.756. The molecule has 1 amide bonds. The first-order valence-electron chi connectivity index (χ1n) is 6.84. The van der Waals surface area contributed by atoms with Gasteiger partial charge in [-0.15, -0.1) is 0 Å². The third-order valence-electron chi connectivity index (χ3n) is 3.04. The number of amides is 1. The van der Waals surface area contributed by atoms with Crippen LogP contribution in [0.4, 0.5) is 0 Å². The second-order valence-electron chi connectivity index (χ2n) is 4.62. The molecule has 4 heteroatoms. The van der Waals surface area contributed by atoms with Gasteiger partial charge >= 0.3 is 0 Å². The van der Waals surface area contributed by atoms with Gasteiger partial charge in [-0.3, -0.25) is 4.79 Å². The summed E-state index contributed by atoms with van der Waals surface area (Å²) in [5, 5.41) is 5.89. The monoisotopic (exact) mass is 260 g/mol. The highest BCUT2D eigenvalue weighted by atomic mass is 16.5. The van der Waals surface area contributed by atoms with Crippen LogP contribution in [0.15, 0.2) is 35.4 Å². The first-order chi connectivity index (χ1) is 9.29. The summed E-state index contributed by atoms with van der Waals surface area (Å²) >= 11 is 0. The zero-order chi connectivity index (χ0) is 13.5. The zero-order valence-electron chi connectivity index (χ0n) is 11.3. The molecule has 0 unspecified atom stereocenters. The van der Waals surface area contributed by atoms with E-state index in [1.54, 1.807) is 0 Å². The Morgan fingerprint density at radius 2 is 2.11 bits per heavy atom. The van der Waals surface area contributed by atoms with Gasteiger partial charge in [0.05, 0.1) is 13.0 Å². The van der Waals surface area contributed by atoms with E-state index >= 15 is 0 Å². The van der Waals surface area contributed by atoms with Crippen molar-refractivity contribution in [1.82, 2.24) is 5.01 Å². The van der Waals surface area contributed by atoms with E-state index in [2.05, 4.69) is 12.0 Å². The van der Waals surface area contributed by atoms with Gasteiger partial charge in [-0.25, -0.2) is 5.01 Å². The minimum Gasteiger partial charge on any atom is -0.492 e. The maximum absolute atomic E-state index is 11.7. The lowest BCUT2D eigenvalue weighted by Crippen LogP contribution is -2.26. The van der Waals surface area contributed by atoms with Gasteiger partial charge in [0.1, 0.15) is 12.4 Å². The van der Waals surface area contributed by atoms with Crippen molar-refractivity contribution in [3.8, 4) is 5.75 Å². The smallest absolute Gasteiger partial charge is 0.248 e. The number of nitrogens with zero attached hydrogens (tertiary/aromatic N) is 2. The molecular weight excluding hydrogens is 240 g/mol. The molecule has 1 aromatic carbocycles. The molecule has 0 saturated heterocycles. The SMILES string of the molecule is CCCCC1=NN(CCOc2ccccc2)C(=O)C1. The molecule has 0 fully saturated rings. The lowest BCUT2D eigenvalue weighted by molar-refractivity contribution is -0.129. The zero-order valence-corrected chi connectivity index (χ0v) is 11.3. The summed E-state index contributed by atoms with van der Waals surface area (Å²) in [6.45, 7) is 3.13. The van der Waals surface area contributed by atoms with Crippen LogP contribution in [0, 0.1) is 0 Å². The Morgan fingerprint density at radius 1 is 1.32 bits per heavy atom. The average molecular weight is 260 g/mol. The molecule has 2 rings (SSSR count). The molecule has 0 spiro atoms. The second-order valence-corrected chi connectivity index (χ2v) is 4.62. The molecular formula is C15H20N2O2. The fraction of sp³-hybridized carbons (Fsp3) is 0.467. The van der Waals surface area contributed by atoms with Crippen molar-refractivity contribution in [3.05, 3.63) is 30.3 Å². The molecule has 0 atom stereocenters. The molecule has 1 aliphatic heterocycles. The molecule has 0 aromatic heterocycles. The van der Waals surface area contributed by atoms with Crippen molar-refractivity contribution in [2.75, 3.05) is 13.2 Å². The number of carbonyl (C=O) groups excluding carboxylic acids is 1. The number of para-hydroxylation sites is 1. The molecule has 0 radical (unpaired) electrons. The number of ether oxygens (including phenoxy) is 1. The second kappa shape index (κ2) is 6.92. The van der Waals surface area contributed by atoms with Crippen LogP contribution >= 0.6 is 0 Å². The highest BCUT2D eigenvalue weighted by Crippen LogP contribution is 2.13. The third kappa shape index (κ3) is 4.09. The van der Waals surface area contributed by atoms with Crippen LogP contribution in [-0.2, 0) is 4.79 Å². The van der Waals surface area contributed by atoms with Gasteiger partial charge in [0, 0.05) is 5.71 Å². The lowest BCUT2D eigenvalue weighted by Gasteiger charge is -2.12. The number of benzene rings is 1. The Kier molecular flexibility index (Phi) is 4.95. The third-order valence-corrected chi connectivity index (χ3v) is 3.04. The summed E-state index contributed by atoms with van der Waals surface area (Å²) in [4.78, 5) is 11.7. The van der Waals surface area contributed by atoms with Crippen molar-refractivity contribution in [3.63, 3.8) is 0 Å². The van der Waals surface area contributed by atoms with E-state index < -0.39 is 0 Å². The first-order valence-corrected chi connectivity index (χ1v) is 6.84. The first kappa shape index (κ1) is 13.6. The predicted molar refractivity (Wildman–Crippen MR) is 75.2 cm³/mol. The number of unbranched alkanes of at least 4 members (excludes halogenated alkanes) is 1. The summed E-state index contributed by atoms with van der Waals surface area (Å²) in [5.41, 5.74) is 1.01. The minimum absolute atomic E-state index is 0.0859. The summed E-state index contributed by atoms with van der Waals surface area (Å²) in [6.07, 6.45) is 3.63. The Hall–Kier alpha value is -1.84. The van der Waals surface area contributed by atoms with E-state index in [4.69, 9.17) is 4.74 Å². The van der Waals surface area contributed by atoms with Gasteiger partial charge in [0.15, 0.2) is 0 Å². The van der Waals surface area contributed by atoms with Crippen LogP contribution in [0.3, 0.4) is 0 Å². The largest absolute Gasteiger partial charge is 0.492 e. The summed E-state index contributed by atoms with van der Waals surface area (Å²) < 4.78 is 5.57.